The van der Waals surface area contributed by atoms with E-state index in [0.29, 0.717) is 16.7 Å². The van der Waals surface area contributed by atoms with Crippen LogP contribution in [0.2, 0.25) is 0 Å². The van der Waals surface area contributed by atoms with Gasteiger partial charge in [-0.15, -0.1) is 12.4 Å². The minimum absolute atomic E-state index is 0. The highest BCUT2D eigenvalue weighted by molar-refractivity contribution is 9.10. The first kappa shape index (κ1) is 16.4. The van der Waals surface area contributed by atoms with Crippen LogP contribution in [-0.4, -0.2) is 19.5 Å². The predicted molar refractivity (Wildman–Crippen MR) is 73.1 cm³/mol. The zero-order valence-electron chi connectivity index (χ0n) is 9.59. The van der Waals surface area contributed by atoms with Crippen molar-refractivity contribution in [1.29, 1.82) is 0 Å². The van der Waals surface area contributed by atoms with Gasteiger partial charge in [0.05, 0.1) is 4.47 Å². The van der Waals surface area contributed by atoms with Gasteiger partial charge in [-0.1, -0.05) is 6.92 Å². The van der Waals surface area contributed by atoms with E-state index in [1.807, 2.05) is 6.92 Å². The number of carbonyl (C=O) groups is 1. The van der Waals surface area contributed by atoms with Crippen LogP contribution in [0.15, 0.2) is 22.7 Å². The van der Waals surface area contributed by atoms with Gasteiger partial charge in [-0.05, 0) is 41.2 Å². The summed E-state index contributed by atoms with van der Waals surface area (Å²) in [5, 5.41) is 5.64. The maximum atomic E-state index is 12.9. The highest BCUT2D eigenvalue weighted by Gasteiger charge is 2.12. The minimum Gasteiger partial charge on any atom is -0.326 e. The van der Waals surface area contributed by atoms with Crippen LogP contribution in [0, 0.1) is 11.7 Å². The van der Waals surface area contributed by atoms with Gasteiger partial charge in [0, 0.05) is 18.2 Å². The molecule has 0 saturated heterocycles. The number of hydrogen-bond acceptors (Lipinski definition) is 2. The molecule has 1 unspecified atom stereocenters. The van der Waals surface area contributed by atoms with Crippen LogP contribution in [0.25, 0.3) is 0 Å². The third-order valence-electron chi connectivity index (χ3n) is 2.15. The summed E-state index contributed by atoms with van der Waals surface area (Å²) in [6, 6.07) is 4.38. The van der Waals surface area contributed by atoms with Crippen LogP contribution in [0.5, 0.6) is 0 Å². The molecule has 96 valence electrons. The van der Waals surface area contributed by atoms with Crippen LogP contribution in [-0.2, 0) is 4.79 Å². The molecule has 1 atom stereocenters. The molecule has 0 spiro atoms. The molecule has 3 nitrogen and oxygen atoms in total. The minimum atomic E-state index is -0.346. The summed E-state index contributed by atoms with van der Waals surface area (Å²) < 4.78 is 13.3. The standard InChI is InChI=1S/C11H14BrFN2O.ClH/c1-7(6-14-2)11(16)15-8-3-4-10(13)9(12)5-8;/h3-5,7,14H,6H2,1-2H3,(H,15,16);1H. The zero-order valence-corrected chi connectivity index (χ0v) is 12.0. The molecule has 1 aromatic carbocycles. The molecule has 0 aliphatic heterocycles. The van der Waals surface area contributed by atoms with Gasteiger partial charge in [-0.3, -0.25) is 4.79 Å². The van der Waals surface area contributed by atoms with E-state index in [1.165, 1.54) is 12.1 Å². The van der Waals surface area contributed by atoms with Gasteiger partial charge in [0.15, 0.2) is 0 Å². The molecule has 0 saturated carbocycles. The normalized spacial score (nSPS) is 11.5. The topological polar surface area (TPSA) is 41.1 Å². The summed E-state index contributed by atoms with van der Waals surface area (Å²) in [5.74, 6) is -0.567. The monoisotopic (exact) mass is 324 g/mol. The molecule has 0 bridgehead atoms. The number of hydrogen-bond donors (Lipinski definition) is 2. The van der Waals surface area contributed by atoms with Crippen LogP contribution in [0.3, 0.4) is 0 Å². The Hall–Kier alpha value is -0.650. The number of carbonyl (C=O) groups excluding carboxylic acids is 1. The van der Waals surface area contributed by atoms with Crippen molar-refractivity contribution in [1.82, 2.24) is 5.32 Å². The lowest BCUT2D eigenvalue weighted by atomic mass is 10.1. The Morgan fingerprint density at radius 3 is 2.71 bits per heavy atom. The molecule has 0 fully saturated rings. The molecule has 1 amide bonds. The SMILES string of the molecule is CNCC(C)C(=O)Nc1ccc(F)c(Br)c1.Cl. The Balaban J connectivity index is 0.00000256. The van der Waals surface area contributed by atoms with E-state index in [2.05, 4.69) is 26.6 Å². The second-order valence-electron chi connectivity index (χ2n) is 3.58. The highest BCUT2D eigenvalue weighted by atomic mass is 79.9. The van der Waals surface area contributed by atoms with E-state index in [9.17, 15) is 9.18 Å². The third kappa shape index (κ3) is 5.02. The van der Waals surface area contributed by atoms with Gasteiger partial charge < -0.3 is 10.6 Å². The second kappa shape index (κ2) is 7.63. The lowest BCUT2D eigenvalue weighted by Crippen LogP contribution is -2.28. The predicted octanol–water partition coefficient (Wildman–Crippen LogP) is 2.80. The van der Waals surface area contributed by atoms with Crippen LogP contribution in [0.4, 0.5) is 10.1 Å². The summed E-state index contributed by atoms with van der Waals surface area (Å²) in [6.07, 6.45) is 0. The quantitative estimate of drug-likeness (QED) is 0.894. The Labute approximate surface area is 115 Å². The van der Waals surface area contributed by atoms with E-state index in [4.69, 9.17) is 0 Å². The smallest absolute Gasteiger partial charge is 0.228 e. The molecule has 0 aliphatic carbocycles. The summed E-state index contributed by atoms with van der Waals surface area (Å²) in [4.78, 5) is 11.6. The molecular formula is C11H15BrClFN2O. The number of halogens is 3. The van der Waals surface area contributed by atoms with Crippen molar-refractivity contribution in [2.45, 2.75) is 6.92 Å². The highest BCUT2D eigenvalue weighted by Crippen LogP contribution is 2.20. The first-order chi connectivity index (χ1) is 7.54. The fourth-order valence-corrected chi connectivity index (χ4v) is 1.62. The number of rotatable bonds is 4. The van der Waals surface area contributed by atoms with Gasteiger partial charge in [0.25, 0.3) is 0 Å². The molecular weight excluding hydrogens is 310 g/mol. The van der Waals surface area contributed by atoms with Gasteiger partial charge in [-0.2, -0.15) is 0 Å². The molecule has 0 radical (unpaired) electrons. The average molecular weight is 326 g/mol. The molecule has 0 aliphatic rings. The maximum Gasteiger partial charge on any atom is 0.228 e. The van der Waals surface area contributed by atoms with Crippen molar-refractivity contribution in [2.24, 2.45) is 5.92 Å². The summed E-state index contributed by atoms with van der Waals surface area (Å²) in [5.41, 5.74) is 0.584. The fraction of sp³-hybridized carbons (Fsp3) is 0.364. The van der Waals surface area contributed by atoms with Crippen molar-refractivity contribution >= 4 is 39.9 Å². The number of anilines is 1. The Kier molecular flexibility index (Phi) is 7.34. The van der Waals surface area contributed by atoms with E-state index < -0.39 is 0 Å². The lowest BCUT2D eigenvalue weighted by Gasteiger charge is -2.11. The van der Waals surface area contributed by atoms with E-state index in [1.54, 1.807) is 13.1 Å². The Morgan fingerprint density at radius 1 is 1.53 bits per heavy atom. The van der Waals surface area contributed by atoms with Crippen molar-refractivity contribution in [2.75, 3.05) is 18.9 Å². The maximum absolute atomic E-state index is 12.9. The van der Waals surface area contributed by atoms with Crippen LogP contribution < -0.4 is 10.6 Å². The van der Waals surface area contributed by atoms with Crippen LogP contribution in [0.1, 0.15) is 6.92 Å². The van der Waals surface area contributed by atoms with Gasteiger partial charge in [0.1, 0.15) is 5.82 Å². The number of nitrogens with one attached hydrogen (secondary N) is 2. The molecule has 0 aromatic heterocycles. The average Bonchev–Trinajstić information content (AvgIpc) is 2.24. The van der Waals surface area contributed by atoms with Crippen molar-refractivity contribution in [3.8, 4) is 0 Å². The van der Waals surface area contributed by atoms with Gasteiger partial charge >= 0.3 is 0 Å². The molecule has 1 aromatic rings. The van der Waals surface area contributed by atoms with Crippen LogP contribution >= 0.6 is 28.3 Å². The molecule has 17 heavy (non-hydrogen) atoms. The largest absolute Gasteiger partial charge is 0.326 e. The summed E-state index contributed by atoms with van der Waals surface area (Å²) in [6.45, 7) is 2.43. The van der Waals surface area contributed by atoms with E-state index >= 15 is 0 Å². The van der Waals surface area contributed by atoms with Crippen molar-refractivity contribution in [3.63, 3.8) is 0 Å². The van der Waals surface area contributed by atoms with Gasteiger partial charge in [0.2, 0.25) is 5.91 Å². The van der Waals surface area contributed by atoms with Crippen molar-refractivity contribution in [3.05, 3.63) is 28.5 Å². The Bertz CT molecular complexity index is 390. The molecule has 1 rings (SSSR count). The summed E-state index contributed by atoms with van der Waals surface area (Å²) >= 11 is 3.07. The number of benzene rings is 1. The van der Waals surface area contributed by atoms with E-state index in [-0.39, 0.29) is 30.0 Å². The van der Waals surface area contributed by atoms with Gasteiger partial charge in [-0.25, -0.2) is 4.39 Å². The fourth-order valence-electron chi connectivity index (χ4n) is 1.24. The number of amides is 1. The lowest BCUT2D eigenvalue weighted by molar-refractivity contribution is -0.119. The van der Waals surface area contributed by atoms with Crippen molar-refractivity contribution < 1.29 is 9.18 Å². The molecule has 2 N–H and O–H groups in total. The first-order valence-electron chi connectivity index (χ1n) is 4.95. The third-order valence-corrected chi connectivity index (χ3v) is 2.75. The van der Waals surface area contributed by atoms with E-state index in [0.717, 1.165) is 0 Å². The second-order valence-corrected chi connectivity index (χ2v) is 4.43. The summed E-state index contributed by atoms with van der Waals surface area (Å²) in [7, 11) is 1.79. The molecule has 0 heterocycles. The Morgan fingerprint density at radius 2 is 2.18 bits per heavy atom. The molecule has 6 heteroatoms. The zero-order chi connectivity index (χ0) is 12.1. The first-order valence-corrected chi connectivity index (χ1v) is 5.74.